The number of benzene rings is 3. The summed E-state index contributed by atoms with van der Waals surface area (Å²) in [6.07, 6.45) is 0. The molecule has 35 heavy (non-hydrogen) atoms. The average molecular weight is 518 g/mol. The van der Waals surface area contributed by atoms with E-state index >= 15 is 0 Å². The molecule has 3 rings (SSSR count). The summed E-state index contributed by atoms with van der Waals surface area (Å²) in [6.45, 7) is 0.736. The second kappa shape index (κ2) is 11.3. The molecular formula is C25H25ClFN3O4S. The van der Waals surface area contributed by atoms with Gasteiger partial charge in [0.05, 0.1) is 10.6 Å². The number of para-hydroxylation sites is 1. The van der Waals surface area contributed by atoms with E-state index in [9.17, 15) is 22.4 Å². The van der Waals surface area contributed by atoms with E-state index in [0.717, 1.165) is 10.4 Å². The second-order valence-corrected chi connectivity index (χ2v) is 9.95. The van der Waals surface area contributed by atoms with Crippen LogP contribution in [0, 0.1) is 5.82 Å². The van der Waals surface area contributed by atoms with Crippen LogP contribution in [0.15, 0.2) is 83.8 Å². The van der Waals surface area contributed by atoms with Crippen molar-refractivity contribution in [2.45, 2.75) is 24.4 Å². The van der Waals surface area contributed by atoms with Crippen LogP contribution in [-0.4, -0.2) is 44.8 Å². The van der Waals surface area contributed by atoms with Gasteiger partial charge in [-0.25, -0.2) is 12.8 Å². The molecule has 0 aromatic heterocycles. The topological polar surface area (TPSA) is 86.8 Å². The van der Waals surface area contributed by atoms with Crippen molar-refractivity contribution in [1.29, 1.82) is 0 Å². The Balaban J connectivity index is 2.05. The number of anilines is 1. The predicted molar refractivity (Wildman–Crippen MR) is 133 cm³/mol. The number of carbonyl (C=O) groups excluding carboxylic acids is 2. The highest BCUT2D eigenvalue weighted by molar-refractivity contribution is 7.92. The maximum Gasteiger partial charge on any atom is 0.264 e. The molecular weight excluding hydrogens is 493 g/mol. The molecule has 3 aromatic rings. The molecule has 0 aliphatic heterocycles. The van der Waals surface area contributed by atoms with Crippen molar-refractivity contribution in [3.63, 3.8) is 0 Å². The number of likely N-dealkylation sites (N-methyl/N-ethyl adjacent to an activating group) is 1. The Morgan fingerprint density at radius 2 is 1.57 bits per heavy atom. The van der Waals surface area contributed by atoms with Crippen LogP contribution in [0.3, 0.4) is 0 Å². The van der Waals surface area contributed by atoms with E-state index in [0.29, 0.717) is 10.6 Å². The lowest BCUT2D eigenvalue weighted by Crippen LogP contribution is -2.50. The quantitative estimate of drug-likeness (QED) is 0.467. The molecule has 0 aliphatic rings. The number of nitrogens with zero attached hydrogens (tertiary/aromatic N) is 2. The van der Waals surface area contributed by atoms with Crippen LogP contribution in [0.2, 0.25) is 5.02 Å². The number of sulfonamides is 1. The van der Waals surface area contributed by atoms with E-state index in [1.807, 2.05) is 0 Å². The monoisotopic (exact) mass is 517 g/mol. The van der Waals surface area contributed by atoms with Crippen molar-refractivity contribution in [2.24, 2.45) is 0 Å². The zero-order valence-corrected chi connectivity index (χ0v) is 20.8. The Kier molecular flexibility index (Phi) is 8.48. The van der Waals surface area contributed by atoms with Gasteiger partial charge in [-0.3, -0.25) is 13.9 Å². The van der Waals surface area contributed by atoms with E-state index in [1.165, 1.54) is 61.3 Å². The zero-order valence-electron chi connectivity index (χ0n) is 19.2. The molecule has 0 bridgehead atoms. The number of rotatable bonds is 9. The molecule has 184 valence electrons. The van der Waals surface area contributed by atoms with Gasteiger partial charge < -0.3 is 10.2 Å². The molecule has 1 atom stereocenters. The first-order valence-corrected chi connectivity index (χ1v) is 12.6. The molecule has 0 saturated carbocycles. The lowest BCUT2D eigenvalue weighted by Gasteiger charge is -2.32. The fourth-order valence-corrected chi connectivity index (χ4v) is 5.13. The number of hydrogen-bond donors (Lipinski definition) is 1. The number of hydrogen-bond acceptors (Lipinski definition) is 4. The Labute approximate surface area is 209 Å². The summed E-state index contributed by atoms with van der Waals surface area (Å²) >= 11 is 6.27. The fourth-order valence-electron chi connectivity index (χ4n) is 3.49. The van der Waals surface area contributed by atoms with Gasteiger partial charge in [0.15, 0.2) is 0 Å². The van der Waals surface area contributed by atoms with Crippen LogP contribution in [0.1, 0.15) is 12.5 Å². The van der Waals surface area contributed by atoms with Gasteiger partial charge >= 0.3 is 0 Å². The molecule has 2 amide bonds. The third-order valence-corrected chi connectivity index (χ3v) is 7.59. The number of halogens is 2. The van der Waals surface area contributed by atoms with Gasteiger partial charge in [0.1, 0.15) is 18.4 Å². The van der Waals surface area contributed by atoms with Crippen LogP contribution >= 0.6 is 11.6 Å². The minimum atomic E-state index is -4.32. The number of amides is 2. The van der Waals surface area contributed by atoms with Crippen molar-refractivity contribution in [3.05, 3.63) is 95.3 Å². The van der Waals surface area contributed by atoms with E-state index in [4.69, 9.17) is 11.6 Å². The van der Waals surface area contributed by atoms with Crippen LogP contribution in [0.5, 0.6) is 0 Å². The largest absolute Gasteiger partial charge is 0.357 e. The average Bonchev–Trinajstić information content (AvgIpc) is 2.86. The lowest BCUT2D eigenvalue weighted by atomic mass is 10.1. The van der Waals surface area contributed by atoms with E-state index < -0.39 is 40.2 Å². The van der Waals surface area contributed by atoms with Crippen LogP contribution in [0.4, 0.5) is 10.1 Å². The highest BCUT2D eigenvalue weighted by atomic mass is 35.5. The third-order valence-electron chi connectivity index (χ3n) is 5.44. The minimum Gasteiger partial charge on any atom is -0.357 e. The molecule has 0 spiro atoms. The van der Waals surface area contributed by atoms with Crippen LogP contribution in [-0.2, 0) is 26.2 Å². The maximum absolute atomic E-state index is 14.8. The summed E-state index contributed by atoms with van der Waals surface area (Å²) < 4.78 is 42.5. The van der Waals surface area contributed by atoms with Crippen LogP contribution in [0.25, 0.3) is 0 Å². The molecule has 10 heteroatoms. The summed E-state index contributed by atoms with van der Waals surface area (Å²) in [6, 6.07) is 18.6. The molecule has 0 saturated heterocycles. The van der Waals surface area contributed by atoms with Gasteiger partial charge in [0.25, 0.3) is 10.0 Å². The Hall–Kier alpha value is -3.43. The summed E-state index contributed by atoms with van der Waals surface area (Å²) in [5, 5.41) is 2.88. The predicted octanol–water partition coefficient (Wildman–Crippen LogP) is 3.84. The van der Waals surface area contributed by atoms with Gasteiger partial charge in [0.2, 0.25) is 11.8 Å². The summed E-state index contributed by atoms with van der Waals surface area (Å²) in [5.74, 6) is -1.96. The summed E-state index contributed by atoms with van der Waals surface area (Å²) in [7, 11) is -2.89. The SMILES string of the molecule is CNC(=O)C(C)N(Cc1ccccc1Cl)C(=O)CN(c1ccccc1F)S(=O)(=O)c1ccccc1. The Bertz CT molecular complexity index is 1300. The van der Waals surface area contributed by atoms with E-state index in [-0.39, 0.29) is 17.1 Å². The highest BCUT2D eigenvalue weighted by Gasteiger charge is 2.33. The van der Waals surface area contributed by atoms with Gasteiger partial charge in [0, 0.05) is 18.6 Å². The maximum atomic E-state index is 14.8. The lowest BCUT2D eigenvalue weighted by molar-refractivity contribution is -0.139. The summed E-state index contributed by atoms with van der Waals surface area (Å²) in [4.78, 5) is 27.1. The molecule has 0 heterocycles. The fraction of sp³-hybridized carbons (Fsp3) is 0.200. The zero-order chi connectivity index (χ0) is 25.6. The first-order valence-electron chi connectivity index (χ1n) is 10.7. The molecule has 3 aromatic carbocycles. The van der Waals surface area contributed by atoms with Gasteiger partial charge in [-0.05, 0) is 42.8 Å². The van der Waals surface area contributed by atoms with Gasteiger partial charge in [-0.15, -0.1) is 0 Å². The van der Waals surface area contributed by atoms with Gasteiger partial charge in [-0.1, -0.05) is 60.1 Å². The third kappa shape index (κ3) is 5.98. The van der Waals surface area contributed by atoms with Crippen molar-refractivity contribution in [1.82, 2.24) is 10.2 Å². The number of carbonyl (C=O) groups is 2. The molecule has 1 unspecified atom stereocenters. The van der Waals surface area contributed by atoms with E-state index in [2.05, 4.69) is 5.32 Å². The van der Waals surface area contributed by atoms with Crippen molar-refractivity contribution in [2.75, 3.05) is 17.9 Å². The first kappa shape index (κ1) is 26.2. The second-order valence-electron chi connectivity index (χ2n) is 7.68. The normalized spacial score (nSPS) is 12.0. The Morgan fingerprint density at radius 3 is 2.20 bits per heavy atom. The molecule has 0 fully saturated rings. The van der Waals surface area contributed by atoms with Crippen molar-refractivity contribution >= 4 is 39.1 Å². The highest BCUT2D eigenvalue weighted by Crippen LogP contribution is 2.27. The molecule has 0 radical (unpaired) electrons. The molecule has 7 nitrogen and oxygen atoms in total. The van der Waals surface area contributed by atoms with Crippen molar-refractivity contribution < 1.29 is 22.4 Å². The Morgan fingerprint density at radius 1 is 0.971 bits per heavy atom. The van der Waals surface area contributed by atoms with E-state index in [1.54, 1.807) is 30.3 Å². The summed E-state index contributed by atoms with van der Waals surface area (Å²) in [5.41, 5.74) is 0.289. The van der Waals surface area contributed by atoms with Crippen LogP contribution < -0.4 is 9.62 Å². The minimum absolute atomic E-state index is 0.0520. The standard InChI is InChI=1S/C25H25ClFN3O4S/c1-18(25(32)28-2)29(16-19-10-6-7-13-21(19)26)24(31)17-30(23-15-9-8-14-22(23)27)35(33,34)20-11-4-3-5-12-20/h3-15,18H,16-17H2,1-2H3,(H,28,32). The molecule has 1 N–H and O–H groups in total. The number of nitrogens with one attached hydrogen (secondary N) is 1. The van der Waals surface area contributed by atoms with Gasteiger partial charge in [-0.2, -0.15) is 0 Å². The first-order chi connectivity index (χ1) is 16.7. The molecule has 0 aliphatic carbocycles. The van der Waals surface area contributed by atoms with Crippen molar-refractivity contribution in [3.8, 4) is 0 Å². The smallest absolute Gasteiger partial charge is 0.264 e.